The number of imide groups is 1. The summed E-state index contributed by atoms with van der Waals surface area (Å²) in [6, 6.07) is 5.37. The maximum Gasteiger partial charge on any atom is 0.254 e. The fraction of sp³-hybridized carbons (Fsp3) is 0.389. The number of methoxy groups -OCH3 is 2. The standard InChI is InChI=1S/C18H18N2O4/c1-23-13-5-3-4-12(16(13)24-2)9-19-20-17(21)14-10-6-7-11(8-10)15(14)18(20)22/h3-7,9-11,14-15H,8H2,1-2H3/b19-9-/t10-,11-,14+,15+/m0/s1. The normalized spacial score (nSPS) is 30.5. The van der Waals surface area contributed by atoms with Crippen molar-refractivity contribution in [3.63, 3.8) is 0 Å². The lowest BCUT2D eigenvalue weighted by Crippen LogP contribution is -2.28. The van der Waals surface area contributed by atoms with E-state index in [2.05, 4.69) is 17.3 Å². The number of nitrogens with zero attached hydrogens (tertiary/aromatic N) is 2. The number of allylic oxidation sites excluding steroid dienone is 2. The van der Waals surface area contributed by atoms with Gasteiger partial charge in [0.1, 0.15) is 0 Å². The Morgan fingerprint density at radius 1 is 1.08 bits per heavy atom. The minimum atomic E-state index is -0.239. The van der Waals surface area contributed by atoms with Crippen LogP contribution in [-0.4, -0.2) is 37.3 Å². The summed E-state index contributed by atoms with van der Waals surface area (Å²) in [5.41, 5.74) is 0.649. The minimum Gasteiger partial charge on any atom is -0.493 e. The van der Waals surface area contributed by atoms with Gasteiger partial charge in [-0.15, -0.1) is 0 Å². The molecule has 0 N–H and O–H groups in total. The van der Waals surface area contributed by atoms with E-state index >= 15 is 0 Å². The van der Waals surface area contributed by atoms with Crippen LogP contribution in [0, 0.1) is 23.7 Å². The topological polar surface area (TPSA) is 68.2 Å². The summed E-state index contributed by atoms with van der Waals surface area (Å²) in [5.74, 6) is 0.587. The molecule has 0 aromatic heterocycles. The highest BCUT2D eigenvalue weighted by Gasteiger charge is 2.59. The number of amides is 2. The smallest absolute Gasteiger partial charge is 0.254 e. The van der Waals surface area contributed by atoms with Gasteiger partial charge in [0.25, 0.3) is 11.8 Å². The molecule has 3 aliphatic rings. The molecule has 4 rings (SSSR count). The van der Waals surface area contributed by atoms with Crippen molar-refractivity contribution in [2.75, 3.05) is 14.2 Å². The molecule has 0 radical (unpaired) electrons. The number of hydrogen-bond acceptors (Lipinski definition) is 5. The SMILES string of the molecule is COc1cccc(/C=N\N2C(=O)[C@H]3[C@H](C2=O)[C@H]2C=C[C@H]3C2)c1OC. The fourth-order valence-corrected chi connectivity index (χ4v) is 4.13. The Labute approximate surface area is 139 Å². The number of benzene rings is 1. The van der Waals surface area contributed by atoms with Crippen LogP contribution in [0.1, 0.15) is 12.0 Å². The molecule has 1 heterocycles. The van der Waals surface area contributed by atoms with E-state index in [0.717, 1.165) is 11.4 Å². The molecule has 0 spiro atoms. The van der Waals surface area contributed by atoms with Gasteiger partial charge in [0, 0.05) is 5.56 Å². The first-order valence-corrected chi connectivity index (χ1v) is 7.96. The molecule has 4 atom stereocenters. The molecule has 2 amide bonds. The number of fused-ring (bicyclic) bond motifs is 5. The van der Waals surface area contributed by atoms with Crippen molar-refractivity contribution in [2.45, 2.75) is 6.42 Å². The third-order valence-corrected chi connectivity index (χ3v) is 5.19. The van der Waals surface area contributed by atoms with Crippen LogP contribution >= 0.6 is 0 Å². The van der Waals surface area contributed by atoms with Crippen molar-refractivity contribution in [2.24, 2.45) is 28.8 Å². The lowest BCUT2D eigenvalue weighted by atomic mass is 9.85. The molecule has 2 bridgehead atoms. The van der Waals surface area contributed by atoms with Crippen molar-refractivity contribution in [1.82, 2.24) is 5.01 Å². The highest BCUT2D eigenvalue weighted by atomic mass is 16.5. The van der Waals surface area contributed by atoms with Gasteiger partial charge in [-0.2, -0.15) is 10.1 Å². The molecule has 1 aromatic carbocycles. The molecule has 1 saturated carbocycles. The van der Waals surface area contributed by atoms with Gasteiger partial charge < -0.3 is 9.47 Å². The van der Waals surface area contributed by atoms with Crippen molar-refractivity contribution >= 4 is 18.0 Å². The molecule has 1 aliphatic heterocycles. The van der Waals surface area contributed by atoms with Crippen LogP contribution in [0.25, 0.3) is 0 Å². The quantitative estimate of drug-likeness (QED) is 0.481. The molecule has 6 nitrogen and oxygen atoms in total. The Kier molecular flexibility index (Phi) is 3.40. The predicted molar refractivity (Wildman–Crippen MR) is 86.7 cm³/mol. The maximum absolute atomic E-state index is 12.6. The monoisotopic (exact) mass is 326 g/mol. The largest absolute Gasteiger partial charge is 0.493 e. The van der Waals surface area contributed by atoms with Crippen LogP contribution in [0.2, 0.25) is 0 Å². The second-order valence-corrected chi connectivity index (χ2v) is 6.32. The number of rotatable bonds is 4. The van der Waals surface area contributed by atoms with E-state index in [4.69, 9.17) is 9.47 Å². The molecular weight excluding hydrogens is 308 g/mol. The third-order valence-electron chi connectivity index (χ3n) is 5.19. The van der Waals surface area contributed by atoms with E-state index in [-0.39, 0.29) is 35.5 Å². The lowest BCUT2D eigenvalue weighted by Gasteiger charge is -2.13. The first-order valence-electron chi connectivity index (χ1n) is 7.96. The zero-order chi connectivity index (χ0) is 16.8. The van der Waals surface area contributed by atoms with Crippen molar-refractivity contribution in [3.05, 3.63) is 35.9 Å². The lowest BCUT2D eigenvalue weighted by molar-refractivity contribution is -0.140. The van der Waals surface area contributed by atoms with Crippen LogP contribution in [0.3, 0.4) is 0 Å². The molecule has 124 valence electrons. The number of hydrogen-bond donors (Lipinski definition) is 0. The molecule has 0 unspecified atom stereocenters. The van der Waals surface area contributed by atoms with Crippen LogP contribution in [0.5, 0.6) is 11.5 Å². The summed E-state index contributed by atoms with van der Waals surface area (Å²) in [7, 11) is 3.09. The molecule has 2 aliphatic carbocycles. The average Bonchev–Trinajstić information content (AvgIpc) is 3.27. The number of ether oxygens (including phenoxy) is 2. The number of carbonyl (C=O) groups excluding carboxylic acids is 2. The van der Waals surface area contributed by atoms with Gasteiger partial charge in [-0.3, -0.25) is 9.59 Å². The first kappa shape index (κ1) is 14.9. The summed E-state index contributed by atoms with van der Waals surface area (Å²) in [5, 5.41) is 5.19. The summed E-state index contributed by atoms with van der Waals surface area (Å²) in [6.07, 6.45) is 6.52. The molecule has 1 aromatic rings. The highest BCUT2D eigenvalue weighted by molar-refractivity contribution is 6.07. The van der Waals surface area contributed by atoms with Gasteiger partial charge in [0.15, 0.2) is 11.5 Å². The first-order chi connectivity index (χ1) is 11.7. The molecule has 6 heteroatoms. The Bertz CT molecular complexity index is 740. The molecule has 2 fully saturated rings. The van der Waals surface area contributed by atoms with Gasteiger partial charge in [-0.1, -0.05) is 18.2 Å². The highest BCUT2D eigenvalue weighted by Crippen LogP contribution is 2.52. The summed E-state index contributed by atoms with van der Waals surface area (Å²) >= 11 is 0. The average molecular weight is 326 g/mol. The van der Waals surface area contributed by atoms with Gasteiger partial charge in [-0.05, 0) is 30.4 Å². The third kappa shape index (κ3) is 1.99. The number of hydrazone groups is 1. The van der Waals surface area contributed by atoms with Crippen molar-refractivity contribution in [3.8, 4) is 11.5 Å². The van der Waals surface area contributed by atoms with Crippen LogP contribution in [0.4, 0.5) is 0 Å². The van der Waals surface area contributed by atoms with Crippen LogP contribution in [0.15, 0.2) is 35.5 Å². The van der Waals surface area contributed by atoms with Gasteiger partial charge in [0.2, 0.25) is 0 Å². The van der Waals surface area contributed by atoms with E-state index in [0.29, 0.717) is 17.1 Å². The van der Waals surface area contributed by atoms with E-state index in [1.165, 1.54) is 13.3 Å². The summed E-state index contributed by atoms with van der Waals surface area (Å²) < 4.78 is 10.6. The Balaban J connectivity index is 1.62. The predicted octanol–water partition coefficient (Wildman–Crippen LogP) is 1.84. The fourth-order valence-electron chi connectivity index (χ4n) is 4.13. The zero-order valence-corrected chi connectivity index (χ0v) is 13.5. The number of carbonyl (C=O) groups is 2. The molecule has 24 heavy (non-hydrogen) atoms. The molecular formula is C18H18N2O4. The van der Waals surface area contributed by atoms with Crippen molar-refractivity contribution in [1.29, 1.82) is 0 Å². The number of para-hydroxylation sites is 1. The van der Waals surface area contributed by atoms with Gasteiger partial charge in [-0.25, -0.2) is 0 Å². The van der Waals surface area contributed by atoms with Gasteiger partial charge in [0.05, 0.1) is 32.3 Å². The second kappa shape index (κ2) is 5.47. The molecule has 1 saturated heterocycles. The van der Waals surface area contributed by atoms with Crippen LogP contribution < -0.4 is 9.47 Å². The van der Waals surface area contributed by atoms with E-state index < -0.39 is 0 Å². The second-order valence-electron chi connectivity index (χ2n) is 6.32. The Hall–Kier alpha value is -2.63. The Morgan fingerprint density at radius 2 is 1.75 bits per heavy atom. The van der Waals surface area contributed by atoms with Crippen molar-refractivity contribution < 1.29 is 19.1 Å². The zero-order valence-electron chi connectivity index (χ0n) is 13.5. The van der Waals surface area contributed by atoms with E-state index in [1.807, 2.05) is 0 Å². The minimum absolute atomic E-state index is 0.183. The summed E-state index contributed by atoms with van der Waals surface area (Å²) in [4.78, 5) is 25.2. The van der Waals surface area contributed by atoms with Gasteiger partial charge >= 0.3 is 0 Å². The Morgan fingerprint density at radius 3 is 2.33 bits per heavy atom. The van der Waals surface area contributed by atoms with E-state index in [9.17, 15) is 9.59 Å². The van der Waals surface area contributed by atoms with E-state index in [1.54, 1.807) is 25.3 Å². The van der Waals surface area contributed by atoms with Crippen LogP contribution in [-0.2, 0) is 9.59 Å². The summed E-state index contributed by atoms with van der Waals surface area (Å²) in [6.45, 7) is 0. The maximum atomic E-state index is 12.6.